The van der Waals surface area contributed by atoms with Crippen molar-refractivity contribution >= 4 is 18.1 Å². The summed E-state index contributed by atoms with van der Waals surface area (Å²) >= 11 is 0. The number of pyridine rings is 1. The summed E-state index contributed by atoms with van der Waals surface area (Å²) < 4.78 is 0. The zero-order chi connectivity index (χ0) is 5.98. The monoisotopic (exact) mass is 146 g/mol. The third kappa shape index (κ3) is 1.77. The first-order valence-corrected chi connectivity index (χ1v) is 2.19. The maximum Gasteiger partial charge on any atom is 0.141 e. The Kier molecular flexibility index (Phi) is 2.81. The van der Waals surface area contributed by atoms with Crippen LogP contribution in [0.2, 0.25) is 0 Å². The third-order valence-electron chi connectivity index (χ3n) is 0.828. The molecule has 0 aliphatic rings. The Hall–Kier alpha value is -0.960. The Morgan fingerprint density at radius 2 is 2.22 bits per heavy atom. The summed E-state index contributed by atoms with van der Waals surface area (Å²) in [6, 6.07) is 1.44. The first kappa shape index (κ1) is 8.04. The van der Waals surface area contributed by atoms with E-state index in [9.17, 15) is 0 Å². The summed E-state index contributed by atoms with van der Waals surface area (Å²) in [7, 11) is 0. The van der Waals surface area contributed by atoms with Crippen molar-refractivity contribution < 1.29 is 5.11 Å². The third-order valence-corrected chi connectivity index (χ3v) is 0.828. The molecule has 0 aliphatic carbocycles. The SMILES string of the molecule is Cl.Nc1cnccc1O. The second kappa shape index (κ2) is 3.14. The average Bonchev–Trinajstić information content (AvgIpc) is 1.77. The van der Waals surface area contributed by atoms with Crippen LogP contribution in [-0.4, -0.2) is 10.1 Å². The number of hydrogen-bond donors (Lipinski definition) is 2. The highest BCUT2D eigenvalue weighted by atomic mass is 35.5. The van der Waals surface area contributed by atoms with E-state index in [1.54, 1.807) is 0 Å². The van der Waals surface area contributed by atoms with Crippen LogP contribution in [-0.2, 0) is 0 Å². The molecule has 0 atom stereocenters. The number of nitrogen functional groups attached to an aromatic ring is 1. The minimum atomic E-state index is 0. The summed E-state index contributed by atoms with van der Waals surface area (Å²) in [4.78, 5) is 3.66. The minimum absolute atomic E-state index is 0. The Morgan fingerprint density at radius 3 is 2.56 bits per heavy atom. The van der Waals surface area contributed by atoms with Gasteiger partial charge in [-0.1, -0.05) is 0 Å². The number of nitrogens with two attached hydrogens (primary N) is 1. The van der Waals surface area contributed by atoms with Crippen LogP contribution in [0.1, 0.15) is 0 Å². The second-order valence-corrected chi connectivity index (χ2v) is 1.43. The van der Waals surface area contributed by atoms with E-state index in [1.165, 1.54) is 18.5 Å². The molecule has 0 fully saturated rings. The number of anilines is 1. The van der Waals surface area contributed by atoms with Crippen molar-refractivity contribution in [2.45, 2.75) is 0 Å². The van der Waals surface area contributed by atoms with Crippen molar-refractivity contribution in [3.63, 3.8) is 0 Å². The fourth-order valence-corrected chi connectivity index (χ4v) is 0.399. The summed E-state index contributed by atoms with van der Waals surface area (Å²) in [5, 5.41) is 8.75. The lowest BCUT2D eigenvalue weighted by molar-refractivity contribution is 0.477. The molecule has 9 heavy (non-hydrogen) atoms. The highest BCUT2D eigenvalue weighted by molar-refractivity contribution is 5.85. The van der Waals surface area contributed by atoms with Gasteiger partial charge in [-0.3, -0.25) is 4.98 Å². The molecule has 1 heterocycles. The zero-order valence-electron chi connectivity index (χ0n) is 4.61. The van der Waals surface area contributed by atoms with Gasteiger partial charge in [0.15, 0.2) is 0 Å². The molecule has 0 amide bonds. The number of nitrogens with zero attached hydrogens (tertiary/aromatic N) is 1. The molecule has 0 saturated carbocycles. The molecule has 1 aromatic rings. The Morgan fingerprint density at radius 1 is 1.56 bits per heavy atom. The molecule has 1 rings (SSSR count). The predicted molar refractivity (Wildman–Crippen MR) is 37.6 cm³/mol. The molecule has 0 bridgehead atoms. The quantitative estimate of drug-likeness (QED) is 0.569. The van der Waals surface area contributed by atoms with Gasteiger partial charge in [0.1, 0.15) is 5.75 Å². The van der Waals surface area contributed by atoms with Crippen LogP contribution in [0.25, 0.3) is 0 Å². The van der Waals surface area contributed by atoms with Crippen molar-refractivity contribution in [3.8, 4) is 5.75 Å². The smallest absolute Gasteiger partial charge is 0.141 e. The van der Waals surface area contributed by atoms with E-state index < -0.39 is 0 Å². The molecule has 0 spiro atoms. The Labute approximate surface area is 58.9 Å². The van der Waals surface area contributed by atoms with Crippen LogP contribution >= 0.6 is 12.4 Å². The lowest BCUT2D eigenvalue weighted by atomic mass is 10.4. The van der Waals surface area contributed by atoms with Crippen LogP contribution in [0.4, 0.5) is 5.69 Å². The largest absolute Gasteiger partial charge is 0.506 e. The molecule has 1 aromatic heterocycles. The predicted octanol–water partition coefficient (Wildman–Crippen LogP) is 0.791. The molecule has 0 radical (unpaired) electrons. The van der Waals surface area contributed by atoms with Gasteiger partial charge in [0, 0.05) is 12.3 Å². The summed E-state index contributed by atoms with van der Waals surface area (Å²) in [6.45, 7) is 0. The summed E-state index contributed by atoms with van der Waals surface area (Å²) in [5.41, 5.74) is 5.52. The van der Waals surface area contributed by atoms with E-state index in [1.807, 2.05) is 0 Å². The van der Waals surface area contributed by atoms with Gasteiger partial charge in [-0.05, 0) is 0 Å². The summed E-state index contributed by atoms with van der Waals surface area (Å²) in [6.07, 6.45) is 2.88. The number of hydrogen-bond acceptors (Lipinski definition) is 3. The van der Waals surface area contributed by atoms with Gasteiger partial charge in [-0.2, -0.15) is 0 Å². The molecule has 0 aromatic carbocycles. The molecular formula is C5H7ClN2O. The molecule has 0 aliphatic heterocycles. The van der Waals surface area contributed by atoms with Gasteiger partial charge < -0.3 is 10.8 Å². The fourth-order valence-electron chi connectivity index (χ4n) is 0.399. The molecule has 3 nitrogen and oxygen atoms in total. The van der Waals surface area contributed by atoms with Crippen LogP contribution in [0.3, 0.4) is 0 Å². The van der Waals surface area contributed by atoms with Crippen molar-refractivity contribution in [1.29, 1.82) is 0 Å². The average molecular weight is 147 g/mol. The van der Waals surface area contributed by atoms with E-state index in [-0.39, 0.29) is 18.2 Å². The van der Waals surface area contributed by atoms with E-state index in [4.69, 9.17) is 10.8 Å². The first-order valence-electron chi connectivity index (χ1n) is 2.19. The normalized spacial score (nSPS) is 8.00. The first-order chi connectivity index (χ1) is 3.80. The number of halogens is 1. The van der Waals surface area contributed by atoms with Gasteiger partial charge >= 0.3 is 0 Å². The van der Waals surface area contributed by atoms with E-state index in [2.05, 4.69) is 4.98 Å². The van der Waals surface area contributed by atoms with Crippen molar-refractivity contribution in [1.82, 2.24) is 4.98 Å². The standard InChI is InChI=1S/C5H6N2O.ClH/c6-4-3-7-2-1-5(4)8;/h1-3H,6H2,(H,7,8);1H. The Balaban J connectivity index is 0.000000640. The van der Waals surface area contributed by atoms with E-state index >= 15 is 0 Å². The molecule has 50 valence electrons. The van der Waals surface area contributed by atoms with Crippen molar-refractivity contribution in [2.24, 2.45) is 0 Å². The number of rotatable bonds is 0. The number of aromatic nitrogens is 1. The molecule has 3 N–H and O–H groups in total. The van der Waals surface area contributed by atoms with Crippen LogP contribution in [0, 0.1) is 0 Å². The molecular weight excluding hydrogens is 140 g/mol. The highest BCUT2D eigenvalue weighted by Crippen LogP contribution is 2.14. The molecule has 0 saturated heterocycles. The lowest BCUT2D eigenvalue weighted by Crippen LogP contribution is -1.84. The van der Waals surface area contributed by atoms with Gasteiger partial charge in [0.25, 0.3) is 0 Å². The number of aromatic hydroxyl groups is 1. The fraction of sp³-hybridized carbons (Fsp3) is 0. The highest BCUT2D eigenvalue weighted by Gasteiger charge is 1.88. The second-order valence-electron chi connectivity index (χ2n) is 1.43. The van der Waals surface area contributed by atoms with Crippen LogP contribution in [0.5, 0.6) is 5.75 Å². The van der Waals surface area contributed by atoms with Crippen molar-refractivity contribution in [2.75, 3.05) is 5.73 Å². The maximum atomic E-state index is 8.75. The van der Waals surface area contributed by atoms with Gasteiger partial charge in [-0.15, -0.1) is 12.4 Å². The van der Waals surface area contributed by atoms with Gasteiger partial charge in [0.2, 0.25) is 0 Å². The van der Waals surface area contributed by atoms with Crippen LogP contribution < -0.4 is 5.73 Å². The minimum Gasteiger partial charge on any atom is -0.506 e. The molecule has 4 heteroatoms. The molecule has 0 unspecified atom stereocenters. The van der Waals surface area contributed by atoms with Gasteiger partial charge in [0.05, 0.1) is 11.9 Å². The maximum absolute atomic E-state index is 8.75. The van der Waals surface area contributed by atoms with E-state index in [0.717, 1.165) is 0 Å². The topological polar surface area (TPSA) is 59.1 Å². The lowest BCUT2D eigenvalue weighted by Gasteiger charge is -1.91. The Bertz CT molecular complexity index is 171. The zero-order valence-corrected chi connectivity index (χ0v) is 5.43. The van der Waals surface area contributed by atoms with Gasteiger partial charge in [-0.25, -0.2) is 0 Å². The van der Waals surface area contributed by atoms with Crippen molar-refractivity contribution in [3.05, 3.63) is 18.5 Å². The van der Waals surface area contributed by atoms with Crippen LogP contribution in [0.15, 0.2) is 18.5 Å². The summed E-state index contributed by atoms with van der Waals surface area (Å²) in [5.74, 6) is 0.0833. The van der Waals surface area contributed by atoms with E-state index in [0.29, 0.717) is 5.69 Å².